The smallest absolute Gasteiger partial charge is 0.335 e. The first kappa shape index (κ1) is 36.4. The van der Waals surface area contributed by atoms with Gasteiger partial charge in [-0.2, -0.15) is 0 Å². The molecule has 0 unspecified atom stereocenters. The summed E-state index contributed by atoms with van der Waals surface area (Å²) in [6.07, 6.45) is 0. The molecule has 0 aliphatic heterocycles. The molecule has 1 rings (SSSR count). The Morgan fingerprint density at radius 1 is 0.621 bits per heavy atom. The van der Waals surface area contributed by atoms with Gasteiger partial charge in [-0.1, -0.05) is 18.2 Å². The number of hydrogen-bond donors (Lipinski definition) is 7. The Bertz CT molecular complexity index is 497. The fourth-order valence-electron chi connectivity index (χ4n) is 0.581. The molecule has 168 valence electrons. The van der Waals surface area contributed by atoms with Gasteiger partial charge >= 0.3 is 5.97 Å². The van der Waals surface area contributed by atoms with Crippen LogP contribution in [0.5, 0.6) is 0 Å². The summed E-state index contributed by atoms with van der Waals surface area (Å²) in [5.74, 6) is -4.21. The number of aliphatic carboxylic acids is 4. The quantitative estimate of drug-likeness (QED) is 0.347. The van der Waals surface area contributed by atoms with E-state index >= 15 is 0 Å². The van der Waals surface area contributed by atoms with Gasteiger partial charge in [0.05, 0.1) is 5.56 Å². The van der Waals surface area contributed by atoms with Gasteiger partial charge in [-0.3, -0.25) is 19.2 Å². The summed E-state index contributed by atoms with van der Waals surface area (Å²) in [7, 11) is 0. The van der Waals surface area contributed by atoms with Crippen molar-refractivity contribution in [2.24, 2.45) is 11.5 Å². The maximum atomic E-state index is 10.2. The summed E-state index contributed by atoms with van der Waals surface area (Å²) in [5, 5.41) is 38.1. The molecule has 12 nitrogen and oxygen atoms in total. The molecule has 0 saturated heterocycles. The molecule has 0 saturated carbocycles. The molecule has 1 aromatic carbocycles. The van der Waals surface area contributed by atoms with E-state index in [0.29, 0.717) is 18.7 Å². The molecule has 0 heterocycles. The number of nitrogens with two attached hydrogens (primary N) is 2. The third kappa shape index (κ3) is 138. The predicted octanol–water partition coefficient (Wildman–Crippen LogP) is 0.652. The van der Waals surface area contributed by atoms with Crippen LogP contribution < -0.4 is 11.5 Å². The van der Waals surface area contributed by atoms with Gasteiger partial charge in [0.1, 0.15) is 0 Å². The highest BCUT2D eigenvalue weighted by molar-refractivity contribution is 5.87. The first-order chi connectivity index (χ1) is 13.1. The van der Waals surface area contributed by atoms with Crippen molar-refractivity contribution < 1.29 is 49.5 Å². The van der Waals surface area contributed by atoms with Crippen molar-refractivity contribution in [3.8, 4) is 0 Å². The van der Waals surface area contributed by atoms with Crippen LogP contribution in [0.25, 0.3) is 0 Å². The van der Waals surface area contributed by atoms with Gasteiger partial charge in [0.15, 0.2) is 0 Å². The molecule has 0 atom stereocenters. The Morgan fingerprint density at radius 2 is 0.828 bits per heavy atom. The van der Waals surface area contributed by atoms with E-state index in [4.69, 9.17) is 56.2 Å². The largest absolute Gasteiger partial charge is 0.481 e. The van der Waals surface area contributed by atoms with Crippen molar-refractivity contribution in [1.29, 1.82) is 0 Å². The number of benzene rings is 1. The topological polar surface area (TPSA) is 239 Å². The van der Waals surface area contributed by atoms with Gasteiger partial charge in [-0.05, 0) is 12.1 Å². The summed E-state index contributed by atoms with van der Waals surface area (Å²) in [6, 6.07) is 8.30. The van der Waals surface area contributed by atoms with E-state index < -0.39 is 29.8 Å². The molecule has 0 amide bonds. The zero-order valence-electron chi connectivity index (χ0n) is 16.7. The Labute approximate surface area is 168 Å². The minimum Gasteiger partial charge on any atom is -0.481 e. The maximum Gasteiger partial charge on any atom is 0.335 e. The van der Waals surface area contributed by atoms with Crippen molar-refractivity contribution in [3.63, 3.8) is 0 Å². The lowest BCUT2D eigenvalue weighted by Crippen LogP contribution is -2.11. The molecule has 0 spiro atoms. The normalized spacial score (nSPS) is 7.24. The first-order valence-electron chi connectivity index (χ1n) is 7.62. The molecular weight excluding hydrogens is 392 g/mol. The van der Waals surface area contributed by atoms with Gasteiger partial charge in [0.25, 0.3) is 23.9 Å². The minimum atomic E-state index is -0.879. The fourth-order valence-corrected chi connectivity index (χ4v) is 0.581. The number of carboxylic acids is 5. The average Bonchev–Trinajstić information content (AvgIpc) is 2.54. The number of aromatic carboxylic acids is 1. The van der Waals surface area contributed by atoms with E-state index in [1.165, 1.54) is 0 Å². The second-order valence-corrected chi connectivity index (χ2v) is 4.32. The van der Waals surface area contributed by atoms with E-state index in [2.05, 4.69) is 0 Å². The second kappa shape index (κ2) is 29.3. The number of carboxylic acid groups (broad SMARTS) is 5. The Kier molecular flexibility index (Phi) is 36.7. The molecule has 12 heteroatoms. The van der Waals surface area contributed by atoms with Crippen LogP contribution in [0, 0.1) is 0 Å². The molecule has 0 aliphatic carbocycles. The molecule has 9 N–H and O–H groups in total. The van der Waals surface area contributed by atoms with E-state index in [9.17, 15) is 4.79 Å². The van der Waals surface area contributed by atoms with E-state index in [1.54, 1.807) is 30.3 Å². The summed E-state index contributed by atoms with van der Waals surface area (Å²) in [5.41, 5.74) is 10.1. The number of carbonyl (C=O) groups is 5. The van der Waals surface area contributed by atoms with Crippen LogP contribution >= 0.6 is 0 Å². The van der Waals surface area contributed by atoms with Gasteiger partial charge < -0.3 is 37.0 Å². The molecule has 0 bridgehead atoms. The average molecular weight is 422 g/mol. The lowest BCUT2D eigenvalue weighted by atomic mass is 10.2. The Balaban J connectivity index is -0.0000000840. The zero-order chi connectivity index (χ0) is 24.4. The highest BCUT2D eigenvalue weighted by Gasteiger charge is 1.96. The predicted molar refractivity (Wildman–Crippen MR) is 105 cm³/mol. The molecule has 0 fully saturated rings. The third-order valence-electron chi connectivity index (χ3n) is 1.19. The van der Waals surface area contributed by atoms with E-state index in [-0.39, 0.29) is 0 Å². The molecule has 0 radical (unpaired) electrons. The summed E-state index contributed by atoms with van der Waals surface area (Å²) in [6.45, 7) is 5.53. The highest BCUT2D eigenvalue weighted by Crippen LogP contribution is 1.96. The van der Waals surface area contributed by atoms with E-state index in [1.807, 2.05) is 0 Å². The van der Waals surface area contributed by atoms with Crippen LogP contribution in [0.2, 0.25) is 0 Å². The Hall–Kier alpha value is -3.51. The van der Waals surface area contributed by atoms with Crippen LogP contribution in [0.3, 0.4) is 0 Å². The summed E-state index contributed by atoms with van der Waals surface area (Å²) < 4.78 is 0. The van der Waals surface area contributed by atoms with E-state index in [0.717, 1.165) is 27.7 Å². The number of hydrogen-bond acceptors (Lipinski definition) is 7. The monoisotopic (exact) mass is 422 g/mol. The van der Waals surface area contributed by atoms with Crippen LogP contribution in [0.1, 0.15) is 38.1 Å². The lowest BCUT2D eigenvalue weighted by molar-refractivity contribution is -0.135. The Morgan fingerprint density at radius 3 is 0.931 bits per heavy atom. The number of rotatable bonds is 2. The van der Waals surface area contributed by atoms with Gasteiger partial charge in [0, 0.05) is 40.8 Å². The standard InChI is InChI=1S/C7H6O2.C2H8N2.4C2H4O2/c8-7(9)6-4-2-1-3-5-6;3-1-2-4;4*1-2(3)4/h1-5H,(H,8,9);1-4H2;4*1H3,(H,3,4). The fraction of sp³-hybridized carbons (Fsp3) is 0.353. The third-order valence-corrected chi connectivity index (χ3v) is 1.19. The second-order valence-electron chi connectivity index (χ2n) is 4.32. The van der Waals surface area contributed by atoms with Crippen LogP contribution in [-0.4, -0.2) is 68.5 Å². The molecule has 0 aromatic heterocycles. The molecule has 29 heavy (non-hydrogen) atoms. The first-order valence-corrected chi connectivity index (χ1v) is 7.62. The SMILES string of the molecule is CC(=O)O.CC(=O)O.CC(=O)O.CC(=O)O.NCCN.O=C(O)c1ccccc1. The van der Waals surface area contributed by atoms with Gasteiger partial charge in [-0.15, -0.1) is 0 Å². The lowest BCUT2D eigenvalue weighted by Gasteiger charge is -1.88. The van der Waals surface area contributed by atoms with Crippen LogP contribution in [-0.2, 0) is 19.2 Å². The zero-order valence-corrected chi connectivity index (χ0v) is 16.7. The van der Waals surface area contributed by atoms with Crippen molar-refractivity contribution in [1.82, 2.24) is 0 Å². The van der Waals surface area contributed by atoms with Crippen molar-refractivity contribution in [3.05, 3.63) is 35.9 Å². The van der Waals surface area contributed by atoms with Gasteiger partial charge in [-0.25, -0.2) is 4.79 Å². The highest BCUT2D eigenvalue weighted by atomic mass is 16.4. The van der Waals surface area contributed by atoms with Crippen molar-refractivity contribution in [2.45, 2.75) is 27.7 Å². The summed E-state index contributed by atoms with van der Waals surface area (Å²) >= 11 is 0. The van der Waals surface area contributed by atoms with Crippen LogP contribution in [0.4, 0.5) is 0 Å². The molecular formula is C17H30N2O10. The molecule has 0 aliphatic rings. The molecule has 1 aromatic rings. The summed E-state index contributed by atoms with van der Waals surface area (Å²) in [4.78, 5) is 46.2. The van der Waals surface area contributed by atoms with Crippen molar-refractivity contribution in [2.75, 3.05) is 13.1 Å². The maximum absolute atomic E-state index is 10.2. The minimum absolute atomic E-state index is 0.331. The van der Waals surface area contributed by atoms with Crippen molar-refractivity contribution >= 4 is 29.8 Å². The van der Waals surface area contributed by atoms with Crippen LogP contribution in [0.15, 0.2) is 30.3 Å². The van der Waals surface area contributed by atoms with Gasteiger partial charge in [0.2, 0.25) is 0 Å².